The number of ether oxygens (including phenoxy) is 9. The zero-order valence-electron chi connectivity index (χ0n) is 31.7. The minimum atomic E-state index is -0.999. The van der Waals surface area contributed by atoms with Crippen molar-refractivity contribution in [1.29, 1.82) is 0 Å². The molecule has 0 radical (unpaired) electrons. The molecule has 14 heteroatoms. The summed E-state index contributed by atoms with van der Waals surface area (Å²) in [6.07, 6.45) is -0.440. The molecule has 0 spiro atoms. The van der Waals surface area contributed by atoms with Crippen LogP contribution >= 0.6 is 0 Å². The number of benzene rings is 3. The lowest BCUT2D eigenvalue weighted by Gasteiger charge is -2.52. The van der Waals surface area contributed by atoms with Crippen LogP contribution in [0.1, 0.15) is 46.1 Å². The molecule has 292 valence electrons. The molecule has 1 saturated carbocycles. The van der Waals surface area contributed by atoms with Crippen molar-refractivity contribution in [3.63, 3.8) is 0 Å². The molecule has 6 atom stereocenters. The number of carbonyl (C=O) groups excluding carboxylic acids is 3. The highest BCUT2D eigenvalue weighted by Crippen LogP contribution is 2.51. The molecule has 3 aromatic carbocycles. The van der Waals surface area contributed by atoms with Crippen molar-refractivity contribution in [3.8, 4) is 28.7 Å². The second-order valence-electron chi connectivity index (χ2n) is 14.0. The number of aromatic amines is 1. The van der Waals surface area contributed by atoms with Gasteiger partial charge in [-0.25, -0.2) is 9.59 Å². The van der Waals surface area contributed by atoms with E-state index in [-0.39, 0.29) is 47.3 Å². The maximum Gasteiger partial charge on any atom is 0.514 e. The molecule has 3 heterocycles. The van der Waals surface area contributed by atoms with Crippen LogP contribution in [0, 0.1) is 17.8 Å². The number of fused-ring (bicyclic) bond motifs is 6. The van der Waals surface area contributed by atoms with E-state index in [1.807, 2.05) is 12.1 Å². The molecule has 1 saturated heterocycles. The molecule has 1 aromatic heterocycles. The molecule has 2 unspecified atom stereocenters. The summed E-state index contributed by atoms with van der Waals surface area (Å²) in [7, 11) is 8.85. The van der Waals surface area contributed by atoms with Gasteiger partial charge in [0.1, 0.15) is 30.3 Å². The van der Waals surface area contributed by atoms with Crippen LogP contribution in [-0.2, 0) is 36.8 Å². The first kappa shape index (κ1) is 37.8. The average molecular weight is 759 g/mol. The Bertz CT molecular complexity index is 2020. The summed E-state index contributed by atoms with van der Waals surface area (Å²) in [5, 5.41) is 1.19. The fraction of sp³-hybridized carbons (Fsp3) is 0.439. The zero-order valence-corrected chi connectivity index (χ0v) is 31.7. The molecule has 0 bridgehead atoms. The topological polar surface area (TPSA) is 153 Å². The molecule has 2 aliphatic heterocycles. The van der Waals surface area contributed by atoms with Crippen LogP contribution in [0.5, 0.6) is 28.7 Å². The number of hydrogen-bond donors (Lipinski definition) is 1. The van der Waals surface area contributed by atoms with E-state index in [1.165, 1.54) is 57.2 Å². The smallest absolute Gasteiger partial charge is 0.497 e. The second-order valence-corrected chi connectivity index (χ2v) is 14.0. The quantitative estimate of drug-likeness (QED) is 0.110. The van der Waals surface area contributed by atoms with Gasteiger partial charge in [0.2, 0.25) is 5.75 Å². The van der Waals surface area contributed by atoms with Crippen molar-refractivity contribution in [2.45, 2.75) is 44.1 Å². The van der Waals surface area contributed by atoms with Gasteiger partial charge >= 0.3 is 18.1 Å². The van der Waals surface area contributed by atoms with Crippen LogP contribution in [-0.4, -0.2) is 95.9 Å². The van der Waals surface area contributed by atoms with Gasteiger partial charge in [-0.3, -0.25) is 9.69 Å². The fourth-order valence-corrected chi connectivity index (χ4v) is 8.64. The van der Waals surface area contributed by atoms with Gasteiger partial charge in [-0.2, -0.15) is 0 Å². The SMILES string of the molecule is COC(=O)[C@H]1C2C[C@@H]3c4[nH]c5cc(OC)ccc5c4CCN3CC2C[C@@H](OC(=O)c2cc(OC)c(OC(=O)OCc3ccc(OC)cc3)c(OC)c2)[C@@H]1OC. The largest absolute Gasteiger partial charge is 0.514 e. The van der Waals surface area contributed by atoms with E-state index >= 15 is 0 Å². The van der Waals surface area contributed by atoms with E-state index < -0.39 is 36.2 Å². The molecular formula is C41H46N2O12. The molecule has 1 N–H and O–H groups in total. The first-order valence-electron chi connectivity index (χ1n) is 18.2. The van der Waals surface area contributed by atoms with Gasteiger partial charge in [0.05, 0.1) is 53.1 Å². The number of methoxy groups -OCH3 is 6. The van der Waals surface area contributed by atoms with Gasteiger partial charge in [-0.15, -0.1) is 0 Å². The number of aromatic nitrogens is 1. The van der Waals surface area contributed by atoms with E-state index in [0.717, 1.165) is 29.8 Å². The summed E-state index contributed by atoms with van der Waals surface area (Å²) in [6.45, 7) is 1.53. The summed E-state index contributed by atoms with van der Waals surface area (Å²) in [5.41, 5.74) is 4.30. The predicted octanol–water partition coefficient (Wildman–Crippen LogP) is 5.89. The lowest BCUT2D eigenvalue weighted by atomic mass is 9.63. The minimum Gasteiger partial charge on any atom is -0.497 e. The van der Waals surface area contributed by atoms with Gasteiger partial charge in [-0.1, -0.05) is 12.1 Å². The molecule has 1 aliphatic carbocycles. The maximum absolute atomic E-state index is 13.9. The number of nitrogens with zero attached hydrogens (tertiary/aromatic N) is 1. The van der Waals surface area contributed by atoms with Gasteiger partial charge in [0, 0.05) is 42.9 Å². The summed E-state index contributed by atoms with van der Waals surface area (Å²) in [6, 6.07) is 16.0. The number of H-pyrrole nitrogens is 1. The van der Waals surface area contributed by atoms with Crippen LogP contribution in [0.25, 0.3) is 10.9 Å². The molecule has 4 aromatic rings. The van der Waals surface area contributed by atoms with Crippen molar-refractivity contribution in [2.75, 3.05) is 55.7 Å². The average Bonchev–Trinajstić information content (AvgIpc) is 3.59. The Kier molecular flexibility index (Phi) is 11.1. The van der Waals surface area contributed by atoms with E-state index in [1.54, 1.807) is 38.5 Å². The Morgan fingerprint density at radius 3 is 2.20 bits per heavy atom. The van der Waals surface area contributed by atoms with Crippen molar-refractivity contribution >= 4 is 29.0 Å². The third-order valence-electron chi connectivity index (χ3n) is 11.3. The Morgan fingerprint density at radius 1 is 0.836 bits per heavy atom. The molecule has 0 amide bonds. The van der Waals surface area contributed by atoms with Gasteiger partial charge in [0.15, 0.2) is 11.5 Å². The van der Waals surface area contributed by atoms with Crippen molar-refractivity contribution in [2.24, 2.45) is 17.8 Å². The number of rotatable bonds is 11. The summed E-state index contributed by atoms with van der Waals surface area (Å²) >= 11 is 0. The maximum atomic E-state index is 13.9. The Labute approximate surface area is 318 Å². The Hall–Kier alpha value is -5.47. The van der Waals surface area contributed by atoms with E-state index in [9.17, 15) is 14.4 Å². The standard InChI is InChI=1S/C41H46N2O12/c1-47-25-9-7-22(8-10-25)21-53-41(46)55-37-32(49-3)15-23(16-33(37)50-4)39(44)54-34-17-24-20-43-14-13-28-27-12-11-26(48-2)18-30(27)42-36(28)31(43)19-29(24)35(38(34)51-5)40(45)52-6/h7-12,15-16,18,24,29,31,34-35,38,42H,13-14,17,19-21H2,1-6H3/t24?,29?,31-,34-,35+,38+/m1/s1. The van der Waals surface area contributed by atoms with Gasteiger partial charge in [0.25, 0.3) is 0 Å². The highest BCUT2D eigenvalue weighted by atomic mass is 16.7. The third-order valence-corrected chi connectivity index (χ3v) is 11.3. The number of esters is 2. The molecule has 55 heavy (non-hydrogen) atoms. The molecule has 7 rings (SSSR count). The highest BCUT2D eigenvalue weighted by molar-refractivity contribution is 5.92. The lowest BCUT2D eigenvalue weighted by Crippen LogP contribution is -2.58. The van der Waals surface area contributed by atoms with Gasteiger partial charge in [-0.05, 0) is 78.6 Å². The van der Waals surface area contributed by atoms with Crippen LogP contribution in [0.3, 0.4) is 0 Å². The highest BCUT2D eigenvalue weighted by Gasteiger charge is 2.54. The van der Waals surface area contributed by atoms with Crippen molar-refractivity contribution in [1.82, 2.24) is 9.88 Å². The first-order valence-corrected chi connectivity index (χ1v) is 18.2. The molecule has 14 nitrogen and oxygen atoms in total. The summed E-state index contributed by atoms with van der Waals surface area (Å²) in [4.78, 5) is 46.3. The first-order chi connectivity index (χ1) is 26.7. The lowest BCUT2D eigenvalue weighted by molar-refractivity contribution is -0.176. The zero-order chi connectivity index (χ0) is 38.8. The number of nitrogens with one attached hydrogen (secondary N) is 1. The summed E-state index contributed by atoms with van der Waals surface area (Å²) < 4.78 is 49.9. The van der Waals surface area contributed by atoms with Crippen LogP contribution < -0.4 is 23.7 Å². The normalized spacial score (nSPS) is 23.0. The molecule has 3 aliphatic rings. The summed E-state index contributed by atoms with van der Waals surface area (Å²) in [5.74, 6) is -0.344. The van der Waals surface area contributed by atoms with Crippen LogP contribution in [0.15, 0.2) is 54.6 Å². The third kappa shape index (κ3) is 7.35. The number of hydrogen-bond acceptors (Lipinski definition) is 13. The van der Waals surface area contributed by atoms with Crippen LogP contribution in [0.4, 0.5) is 4.79 Å². The van der Waals surface area contributed by atoms with Crippen molar-refractivity contribution in [3.05, 3.63) is 77.0 Å². The van der Waals surface area contributed by atoms with E-state index in [0.29, 0.717) is 25.1 Å². The molecular weight excluding hydrogens is 712 g/mol. The van der Waals surface area contributed by atoms with Crippen LogP contribution in [0.2, 0.25) is 0 Å². The predicted molar refractivity (Wildman–Crippen MR) is 198 cm³/mol. The van der Waals surface area contributed by atoms with Gasteiger partial charge < -0.3 is 47.6 Å². The second kappa shape index (κ2) is 16.1. The Balaban J connectivity index is 1.09. The van der Waals surface area contributed by atoms with E-state index in [4.69, 9.17) is 42.6 Å². The minimum absolute atomic E-state index is 0.0272. The Morgan fingerprint density at radius 2 is 1.55 bits per heavy atom. The number of carbonyl (C=O) groups is 3. The fourth-order valence-electron chi connectivity index (χ4n) is 8.64. The number of piperidine rings is 1. The van der Waals surface area contributed by atoms with E-state index in [2.05, 4.69) is 16.0 Å². The van der Waals surface area contributed by atoms with Crippen molar-refractivity contribution < 1.29 is 57.0 Å². The molecule has 2 fully saturated rings. The monoisotopic (exact) mass is 758 g/mol.